The van der Waals surface area contributed by atoms with E-state index >= 15 is 0 Å². The van der Waals surface area contributed by atoms with Crippen LogP contribution in [-0.4, -0.2) is 10.8 Å². The molecule has 0 fully saturated rings. The molecule has 2 nitrogen and oxygen atoms in total. The maximum atomic E-state index is 13.3. The number of benzene rings is 4. The van der Waals surface area contributed by atoms with Gasteiger partial charge in [-0.05, 0) is 46.5 Å². The van der Waals surface area contributed by atoms with Crippen molar-refractivity contribution in [3.8, 4) is 0 Å². The van der Waals surface area contributed by atoms with Gasteiger partial charge in [0.15, 0.2) is 0 Å². The van der Waals surface area contributed by atoms with Gasteiger partial charge in [0.1, 0.15) is 0 Å². The van der Waals surface area contributed by atoms with E-state index in [2.05, 4.69) is 30.3 Å². The number of nitrogens with zero attached hydrogens (tertiary/aromatic N) is 1. The highest BCUT2D eigenvalue weighted by molar-refractivity contribution is 5.95. The maximum Gasteiger partial charge on any atom is 0.258 e. The molecule has 0 aliphatic heterocycles. The van der Waals surface area contributed by atoms with Crippen molar-refractivity contribution in [2.75, 3.05) is 0 Å². The van der Waals surface area contributed by atoms with Crippen LogP contribution in [0.2, 0.25) is 0 Å². The van der Waals surface area contributed by atoms with Gasteiger partial charge in [-0.25, -0.2) is 0 Å². The van der Waals surface area contributed by atoms with E-state index in [4.69, 9.17) is 0 Å². The molecule has 0 radical (unpaired) electrons. The van der Waals surface area contributed by atoms with E-state index in [0.29, 0.717) is 12.1 Å². The molecule has 1 amide bonds. The first kappa shape index (κ1) is 21.1. The summed E-state index contributed by atoms with van der Waals surface area (Å²) in [4.78, 5) is 15.1. The Hall–Kier alpha value is -4.17. The Balaban J connectivity index is 1.70. The molecule has 0 saturated heterocycles. The predicted octanol–water partition coefficient (Wildman–Crippen LogP) is 7.08. The van der Waals surface area contributed by atoms with Crippen molar-refractivity contribution >= 4 is 17.6 Å². The van der Waals surface area contributed by atoms with Crippen molar-refractivity contribution in [2.24, 2.45) is 0 Å². The minimum atomic E-state index is -0.0298. The fraction of sp³-hybridized carbons (Fsp3) is 0.0333. The van der Waals surface area contributed by atoms with Crippen LogP contribution in [-0.2, 0) is 6.54 Å². The van der Waals surface area contributed by atoms with Gasteiger partial charge in [-0.15, -0.1) is 0 Å². The van der Waals surface area contributed by atoms with E-state index in [1.807, 2.05) is 109 Å². The number of hydrogen-bond donors (Lipinski definition) is 0. The summed E-state index contributed by atoms with van der Waals surface area (Å²) in [6, 6.07) is 39.9. The first-order valence-corrected chi connectivity index (χ1v) is 10.7. The van der Waals surface area contributed by atoms with Crippen molar-refractivity contribution in [1.29, 1.82) is 0 Å². The highest BCUT2D eigenvalue weighted by Crippen LogP contribution is 2.21. The molecule has 0 aliphatic carbocycles. The zero-order valence-corrected chi connectivity index (χ0v) is 17.8. The molecular weight excluding hydrogens is 390 g/mol. The van der Waals surface area contributed by atoms with E-state index in [-0.39, 0.29) is 5.91 Å². The Morgan fingerprint density at radius 2 is 1.12 bits per heavy atom. The summed E-state index contributed by atoms with van der Waals surface area (Å²) in [5, 5.41) is 0. The van der Waals surface area contributed by atoms with Crippen LogP contribution in [0.15, 0.2) is 134 Å². The van der Waals surface area contributed by atoms with Gasteiger partial charge in [-0.3, -0.25) is 4.79 Å². The number of rotatable bonds is 7. The third kappa shape index (κ3) is 5.71. The highest BCUT2D eigenvalue weighted by atomic mass is 16.2. The highest BCUT2D eigenvalue weighted by Gasteiger charge is 2.14. The van der Waals surface area contributed by atoms with Gasteiger partial charge in [-0.2, -0.15) is 0 Å². The summed E-state index contributed by atoms with van der Waals surface area (Å²) in [5.74, 6) is -0.0298. The van der Waals surface area contributed by atoms with E-state index < -0.39 is 0 Å². The van der Waals surface area contributed by atoms with E-state index in [1.54, 1.807) is 4.90 Å². The van der Waals surface area contributed by atoms with Crippen molar-refractivity contribution in [2.45, 2.75) is 6.54 Å². The zero-order chi connectivity index (χ0) is 22.0. The quantitative estimate of drug-likeness (QED) is 0.233. The molecule has 0 N–H and O–H groups in total. The first-order chi connectivity index (χ1) is 15.8. The Morgan fingerprint density at radius 1 is 0.625 bits per heavy atom. The summed E-state index contributed by atoms with van der Waals surface area (Å²) >= 11 is 0. The molecule has 4 aromatic carbocycles. The average molecular weight is 416 g/mol. The molecule has 156 valence electrons. The Morgan fingerprint density at radius 3 is 1.72 bits per heavy atom. The SMILES string of the molecule is O=C(c1ccccc1)N(/C=C/C(=C/c1ccccc1)c1ccccc1)Cc1ccccc1. The monoisotopic (exact) mass is 415 g/mol. The van der Waals surface area contributed by atoms with E-state index in [1.165, 1.54) is 0 Å². The smallest absolute Gasteiger partial charge is 0.258 e. The first-order valence-electron chi connectivity index (χ1n) is 10.7. The molecule has 32 heavy (non-hydrogen) atoms. The molecule has 0 bridgehead atoms. The van der Waals surface area contributed by atoms with Gasteiger partial charge in [0.2, 0.25) is 0 Å². The molecule has 4 aromatic rings. The summed E-state index contributed by atoms with van der Waals surface area (Å²) in [7, 11) is 0. The largest absolute Gasteiger partial charge is 0.311 e. The van der Waals surface area contributed by atoms with Crippen LogP contribution < -0.4 is 0 Å². The number of carbonyl (C=O) groups excluding carboxylic acids is 1. The van der Waals surface area contributed by atoms with Crippen LogP contribution in [0.5, 0.6) is 0 Å². The van der Waals surface area contributed by atoms with Crippen molar-refractivity contribution in [3.05, 3.63) is 156 Å². The van der Waals surface area contributed by atoms with Gasteiger partial charge < -0.3 is 4.90 Å². The normalized spacial score (nSPS) is 11.4. The van der Waals surface area contributed by atoms with Gasteiger partial charge in [0.25, 0.3) is 5.91 Å². The molecule has 0 spiro atoms. The van der Waals surface area contributed by atoms with Crippen LogP contribution in [0, 0.1) is 0 Å². The fourth-order valence-electron chi connectivity index (χ4n) is 3.48. The van der Waals surface area contributed by atoms with Crippen LogP contribution >= 0.6 is 0 Å². The Labute approximate surface area is 189 Å². The van der Waals surface area contributed by atoms with Crippen LogP contribution in [0.3, 0.4) is 0 Å². The average Bonchev–Trinajstić information content (AvgIpc) is 2.87. The lowest BCUT2D eigenvalue weighted by Crippen LogP contribution is -2.25. The number of hydrogen-bond acceptors (Lipinski definition) is 1. The molecule has 2 heteroatoms. The third-order valence-corrected chi connectivity index (χ3v) is 5.14. The number of allylic oxidation sites excluding steroid dienone is 2. The molecule has 0 atom stereocenters. The molecular formula is C30H25NO. The number of amides is 1. The summed E-state index contributed by atoms with van der Waals surface area (Å²) < 4.78 is 0. The maximum absolute atomic E-state index is 13.3. The molecule has 0 heterocycles. The lowest BCUT2D eigenvalue weighted by atomic mass is 10.0. The fourth-order valence-corrected chi connectivity index (χ4v) is 3.48. The third-order valence-electron chi connectivity index (χ3n) is 5.14. The van der Waals surface area contributed by atoms with Crippen LogP contribution in [0.4, 0.5) is 0 Å². The predicted molar refractivity (Wildman–Crippen MR) is 133 cm³/mol. The second-order valence-corrected chi connectivity index (χ2v) is 7.48. The molecule has 0 saturated carbocycles. The molecule has 0 aliphatic rings. The second kappa shape index (κ2) is 10.7. The molecule has 4 rings (SSSR count). The minimum absolute atomic E-state index is 0.0298. The van der Waals surface area contributed by atoms with Crippen molar-refractivity contribution in [3.63, 3.8) is 0 Å². The van der Waals surface area contributed by atoms with E-state index in [0.717, 1.165) is 22.3 Å². The minimum Gasteiger partial charge on any atom is -0.311 e. The summed E-state index contributed by atoms with van der Waals surface area (Å²) in [6.07, 6.45) is 6.05. The topological polar surface area (TPSA) is 20.3 Å². The van der Waals surface area contributed by atoms with Crippen LogP contribution in [0.1, 0.15) is 27.0 Å². The lowest BCUT2D eigenvalue weighted by molar-refractivity contribution is 0.0814. The lowest BCUT2D eigenvalue weighted by Gasteiger charge is -2.19. The van der Waals surface area contributed by atoms with Gasteiger partial charge in [0.05, 0.1) is 6.54 Å². The van der Waals surface area contributed by atoms with Gasteiger partial charge >= 0.3 is 0 Å². The van der Waals surface area contributed by atoms with Crippen LogP contribution in [0.25, 0.3) is 11.6 Å². The zero-order valence-electron chi connectivity index (χ0n) is 17.8. The standard InChI is InChI=1S/C30H25NO/c32-30(28-19-11-4-12-20-28)31(24-26-15-7-2-8-16-26)22-21-29(27-17-9-3-10-18-27)23-25-13-5-1-6-14-25/h1-23H,24H2/b22-21+,29-23-. The van der Waals surface area contributed by atoms with Gasteiger partial charge in [0, 0.05) is 11.8 Å². The Kier molecular flexibility index (Phi) is 7.07. The van der Waals surface area contributed by atoms with Crippen molar-refractivity contribution < 1.29 is 4.79 Å². The van der Waals surface area contributed by atoms with E-state index in [9.17, 15) is 4.79 Å². The number of carbonyl (C=O) groups is 1. The van der Waals surface area contributed by atoms with Crippen molar-refractivity contribution in [1.82, 2.24) is 4.90 Å². The summed E-state index contributed by atoms with van der Waals surface area (Å²) in [5.41, 5.74) is 4.99. The molecule has 0 unspecified atom stereocenters. The van der Waals surface area contributed by atoms with Gasteiger partial charge in [-0.1, -0.05) is 109 Å². The Bertz CT molecular complexity index is 1180. The molecule has 0 aromatic heterocycles. The second-order valence-electron chi connectivity index (χ2n) is 7.48. The summed E-state index contributed by atoms with van der Waals surface area (Å²) in [6.45, 7) is 0.498.